The van der Waals surface area contributed by atoms with Crippen LogP contribution in [0.2, 0.25) is 0 Å². The summed E-state index contributed by atoms with van der Waals surface area (Å²) in [5, 5.41) is 0. The molecular weight excluding hydrogens is 488 g/mol. The zero-order valence-corrected chi connectivity index (χ0v) is 13.4. The molecule has 1 unspecified atom stereocenters. The first-order chi connectivity index (χ1) is 12.7. The van der Waals surface area contributed by atoms with E-state index in [1.165, 1.54) is 0 Å². The van der Waals surface area contributed by atoms with Crippen molar-refractivity contribution in [3.8, 4) is 0 Å². The molecule has 1 atom stereocenters. The van der Waals surface area contributed by atoms with Crippen LogP contribution in [-0.2, 0) is 0 Å². The largest absolute Gasteiger partial charge is 0.460 e. The fourth-order valence-corrected chi connectivity index (χ4v) is 1.67. The van der Waals surface area contributed by atoms with E-state index in [9.17, 15) is 79.0 Å². The fraction of sp³-hybridized carbons (Fsp3) is 1.00. The van der Waals surface area contributed by atoms with Crippen molar-refractivity contribution >= 4 is 0 Å². The van der Waals surface area contributed by atoms with Crippen LogP contribution < -0.4 is 5.73 Å². The summed E-state index contributed by atoms with van der Waals surface area (Å²) in [5.74, 6) is -56.8. The minimum atomic E-state index is -8.67. The van der Waals surface area contributed by atoms with Crippen molar-refractivity contribution in [3.63, 3.8) is 0 Å². The van der Waals surface area contributed by atoms with E-state index in [1.807, 2.05) is 0 Å². The van der Waals surface area contributed by atoms with E-state index in [4.69, 9.17) is 0 Å². The van der Waals surface area contributed by atoms with Crippen LogP contribution in [0.5, 0.6) is 0 Å². The second kappa shape index (κ2) is 7.39. The van der Waals surface area contributed by atoms with Gasteiger partial charge in [0.15, 0.2) is 0 Å². The highest BCUT2D eigenvalue weighted by atomic mass is 19.4. The standard InChI is InChI=1S/C11H7F18N/c12-3(30)1-2-4(13,14)5(15,16)6(17,18)7(19,20)8(21,22)9(23,24)10(25,26)11(27,28)29/h3H,1-2,30H2. The molecule has 182 valence electrons. The highest BCUT2D eigenvalue weighted by Crippen LogP contribution is 2.64. The van der Waals surface area contributed by atoms with Crippen molar-refractivity contribution in [1.29, 1.82) is 0 Å². The number of halogens is 18. The molecule has 0 aliphatic rings. The monoisotopic (exact) mass is 495 g/mol. The molecule has 30 heavy (non-hydrogen) atoms. The fourth-order valence-electron chi connectivity index (χ4n) is 1.67. The Balaban J connectivity index is 6.55. The van der Waals surface area contributed by atoms with Crippen LogP contribution in [0.4, 0.5) is 79.0 Å². The van der Waals surface area contributed by atoms with Gasteiger partial charge in [-0.25, -0.2) is 4.39 Å². The predicted octanol–water partition coefficient (Wildman–Crippen LogP) is 6.03. The highest BCUT2D eigenvalue weighted by Gasteiger charge is 2.95. The lowest BCUT2D eigenvalue weighted by Gasteiger charge is -2.42. The summed E-state index contributed by atoms with van der Waals surface area (Å²) in [5.41, 5.74) is 4.16. The molecule has 0 spiro atoms. The molecule has 2 N–H and O–H groups in total. The van der Waals surface area contributed by atoms with Crippen LogP contribution in [-0.4, -0.2) is 53.9 Å². The van der Waals surface area contributed by atoms with Crippen molar-refractivity contribution in [2.75, 3.05) is 0 Å². The average Bonchev–Trinajstić information content (AvgIpc) is 2.50. The lowest BCUT2D eigenvalue weighted by Crippen LogP contribution is -2.74. The molecule has 0 aromatic carbocycles. The Bertz CT molecular complexity index is 602. The Morgan fingerprint density at radius 3 is 1.00 bits per heavy atom. The Morgan fingerprint density at radius 2 is 0.733 bits per heavy atom. The van der Waals surface area contributed by atoms with Gasteiger partial charge in [0.2, 0.25) is 0 Å². The Labute approximate surface area is 153 Å². The SMILES string of the molecule is NC(F)CCC(F)(F)C(F)(F)C(F)(F)C(F)(F)C(F)(F)C(F)(F)C(F)(F)C(F)(F)F. The average molecular weight is 495 g/mol. The van der Waals surface area contributed by atoms with Gasteiger partial charge >= 0.3 is 47.6 Å². The predicted molar refractivity (Wildman–Crippen MR) is 59.0 cm³/mol. The Morgan fingerprint density at radius 1 is 0.467 bits per heavy atom. The second-order valence-electron chi connectivity index (χ2n) is 5.70. The van der Waals surface area contributed by atoms with Gasteiger partial charge in [-0.15, -0.1) is 0 Å². The summed E-state index contributed by atoms with van der Waals surface area (Å²) in [6.07, 6.45) is -15.6. The highest BCUT2D eigenvalue weighted by molar-refractivity contribution is 5.15. The van der Waals surface area contributed by atoms with Gasteiger partial charge in [0, 0.05) is 6.42 Å². The lowest BCUT2D eigenvalue weighted by atomic mass is 9.88. The summed E-state index contributed by atoms with van der Waals surface area (Å²) in [6.45, 7) is 0. The van der Waals surface area contributed by atoms with E-state index in [2.05, 4.69) is 5.73 Å². The van der Waals surface area contributed by atoms with Gasteiger partial charge in [0.05, 0.1) is 0 Å². The Kier molecular flexibility index (Phi) is 7.07. The van der Waals surface area contributed by atoms with Crippen molar-refractivity contribution in [2.45, 2.75) is 66.8 Å². The van der Waals surface area contributed by atoms with Gasteiger partial charge in [0.25, 0.3) is 0 Å². The maximum Gasteiger partial charge on any atom is 0.460 e. The third kappa shape index (κ3) is 3.85. The summed E-state index contributed by atoms with van der Waals surface area (Å²) in [6, 6.07) is 0. The summed E-state index contributed by atoms with van der Waals surface area (Å²) in [7, 11) is 0. The van der Waals surface area contributed by atoms with Gasteiger partial charge < -0.3 is 5.73 Å². The van der Waals surface area contributed by atoms with Crippen LogP contribution >= 0.6 is 0 Å². The van der Waals surface area contributed by atoms with Gasteiger partial charge in [-0.1, -0.05) is 0 Å². The van der Waals surface area contributed by atoms with Crippen molar-refractivity contribution in [3.05, 3.63) is 0 Å². The molecule has 19 heteroatoms. The minimum absolute atomic E-state index is 2.00. The summed E-state index contributed by atoms with van der Waals surface area (Å²) < 4.78 is 231. The molecular formula is C11H7F18N. The van der Waals surface area contributed by atoms with E-state index in [0.717, 1.165) is 0 Å². The molecule has 0 heterocycles. The van der Waals surface area contributed by atoms with Crippen LogP contribution in [0.25, 0.3) is 0 Å². The zero-order chi connectivity index (χ0) is 25.0. The lowest BCUT2D eigenvalue weighted by molar-refractivity contribution is -0.461. The van der Waals surface area contributed by atoms with Crippen LogP contribution in [0.1, 0.15) is 12.8 Å². The molecule has 0 aliphatic heterocycles. The van der Waals surface area contributed by atoms with Crippen molar-refractivity contribution in [2.24, 2.45) is 5.73 Å². The number of hydrogen-bond donors (Lipinski definition) is 1. The van der Waals surface area contributed by atoms with E-state index in [1.54, 1.807) is 0 Å². The smallest absolute Gasteiger partial charge is 0.302 e. The second-order valence-corrected chi connectivity index (χ2v) is 5.70. The first-order valence-corrected chi connectivity index (χ1v) is 6.78. The third-order valence-corrected chi connectivity index (χ3v) is 3.52. The topological polar surface area (TPSA) is 26.0 Å². The van der Waals surface area contributed by atoms with Crippen molar-refractivity contribution in [1.82, 2.24) is 0 Å². The normalized spacial score (nSPS) is 17.3. The molecule has 0 fully saturated rings. The van der Waals surface area contributed by atoms with E-state index in [-0.39, 0.29) is 0 Å². The van der Waals surface area contributed by atoms with E-state index >= 15 is 0 Å². The Hall–Kier alpha value is -1.30. The van der Waals surface area contributed by atoms with E-state index in [0.29, 0.717) is 0 Å². The van der Waals surface area contributed by atoms with Crippen LogP contribution in [0.3, 0.4) is 0 Å². The summed E-state index contributed by atoms with van der Waals surface area (Å²) >= 11 is 0. The number of hydrogen-bond acceptors (Lipinski definition) is 1. The molecule has 0 saturated heterocycles. The molecule has 0 aromatic rings. The maximum atomic E-state index is 13.3. The van der Waals surface area contributed by atoms with Gasteiger partial charge in [-0.3, -0.25) is 0 Å². The quantitative estimate of drug-likeness (QED) is 0.307. The molecule has 1 nitrogen and oxygen atoms in total. The van der Waals surface area contributed by atoms with Crippen LogP contribution in [0.15, 0.2) is 0 Å². The molecule has 0 aromatic heterocycles. The molecule has 0 aliphatic carbocycles. The van der Waals surface area contributed by atoms with Gasteiger partial charge in [-0.2, -0.15) is 74.6 Å². The van der Waals surface area contributed by atoms with Gasteiger partial charge in [0.1, 0.15) is 6.30 Å². The van der Waals surface area contributed by atoms with Crippen LogP contribution in [0, 0.1) is 0 Å². The summed E-state index contributed by atoms with van der Waals surface area (Å²) in [4.78, 5) is 0. The van der Waals surface area contributed by atoms with E-state index < -0.39 is 66.8 Å². The molecule has 0 amide bonds. The zero-order valence-electron chi connectivity index (χ0n) is 13.4. The molecule has 0 saturated carbocycles. The third-order valence-electron chi connectivity index (χ3n) is 3.52. The molecule has 0 radical (unpaired) electrons. The first-order valence-electron chi connectivity index (χ1n) is 6.78. The van der Waals surface area contributed by atoms with Crippen molar-refractivity contribution < 1.29 is 79.0 Å². The molecule has 0 bridgehead atoms. The first kappa shape index (κ1) is 28.7. The minimum Gasteiger partial charge on any atom is -0.302 e. The number of rotatable bonds is 9. The number of alkyl halides is 18. The molecule has 0 rings (SSSR count). The maximum absolute atomic E-state index is 13.3. The number of nitrogens with two attached hydrogens (primary N) is 1. The van der Waals surface area contributed by atoms with Gasteiger partial charge in [-0.05, 0) is 6.42 Å².